The van der Waals surface area contributed by atoms with Gasteiger partial charge in [0, 0.05) is 15.6 Å². The van der Waals surface area contributed by atoms with Crippen molar-refractivity contribution in [1.29, 1.82) is 0 Å². The number of hydrogen-bond donors (Lipinski definition) is 2. The Bertz CT molecular complexity index is 793. The Morgan fingerprint density at radius 1 is 1.40 bits per heavy atom. The van der Waals surface area contributed by atoms with Crippen LogP contribution in [0.3, 0.4) is 0 Å². The first-order valence-corrected chi connectivity index (χ1v) is 9.23. The standard InChI is InChI=1S/C17H18ClN3O3S/c1-2-24-15(22)10-6-7-13-14(8-10)25-17(20-13)21-16(23)19-12-5-3-4-11(18)9-12/h3-5,9-10H,2,6-8H2,1H3,(H2,19,20,21,23). The van der Waals surface area contributed by atoms with Gasteiger partial charge in [0.25, 0.3) is 0 Å². The zero-order valence-corrected chi connectivity index (χ0v) is 15.2. The number of thiazole rings is 1. The van der Waals surface area contributed by atoms with Crippen molar-refractivity contribution < 1.29 is 14.3 Å². The summed E-state index contributed by atoms with van der Waals surface area (Å²) in [5.41, 5.74) is 1.55. The minimum atomic E-state index is -0.379. The Kier molecular flexibility index (Phi) is 5.55. The highest BCUT2D eigenvalue weighted by Crippen LogP contribution is 2.33. The lowest BCUT2D eigenvalue weighted by atomic mass is 9.91. The zero-order chi connectivity index (χ0) is 17.8. The van der Waals surface area contributed by atoms with Crippen molar-refractivity contribution in [3.8, 4) is 0 Å². The first-order chi connectivity index (χ1) is 12.0. The summed E-state index contributed by atoms with van der Waals surface area (Å²) in [5, 5.41) is 6.52. The van der Waals surface area contributed by atoms with Gasteiger partial charge >= 0.3 is 12.0 Å². The number of anilines is 2. The molecule has 2 N–H and O–H groups in total. The average molecular weight is 380 g/mol. The number of ether oxygens (including phenoxy) is 1. The number of hydrogen-bond acceptors (Lipinski definition) is 5. The molecule has 1 heterocycles. The van der Waals surface area contributed by atoms with Gasteiger partial charge in [-0.25, -0.2) is 9.78 Å². The third-order valence-corrected chi connectivity index (χ3v) is 5.13. The lowest BCUT2D eigenvalue weighted by molar-refractivity contribution is -0.148. The summed E-state index contributed by atoms with van der Waals surface area (Å²) in [6.07, 6.45) is 2.06. The Labute approximate surface area is 154 Å². The van der Waals surface area contributed by atoms with Crippen molar-refractivity contribution in [2.75, 3.05) is 17.2 Å². The van der Waals surface area contributed by atoms with E-state index in [0.29, 0.717) is 35.3 Å². The van der Waals surface area contributed by atoms with E-state index in [4.69, 9.17) is 16.3 Å². The van der Waals surface area contributed by atoms with Crippen molar-refractivity contribution in [1.82, 2.24) is 4.98 Å². The molecule has 0 spiro atoms. The summed E-state index contributed by atoms with van der Waals surface area (Å²) in [7, 11) is 0. The van der Waals surface area contributed by atoms with Crippen molar-refractivity contribution in [2.45, 2.75) is 26.2 Å². The molecule has 1 aliphatic rings. The monoisotopic (exact) mass is 379 g/mol. The van der Waals surface area contributed by atoms with E-state index in [1.165, 1.54) is 11.3 Å². The van der Waals surface area contributed by atoms with Gasteiger partial charge < -0.3 is 10.1 Å². The molecule has 1 atom stereocenters. The number of urea groups is 1. The molecule has 0 saturated carbocycles. The maximum Gasteiger partial charge on any atom is 0.325 e. The van der Waals surface area contributed by atoms with Crippen molar-refractivity contribution in [3.63, 3.8) is 0 Å². The molecule has 3 rings (SSSR count). The summed E-state index contributed by atoms with van der Waals surface area (Å²) in [4.78, 5) is 29.5. The number of aromatic nitrogens is 1. The molecule has 2 aromatic rings. The van der Waals surface area contributed by atoms with Crippen LogP contribution in [0.5, 0.6) is 0 Å². The van der Waals surface area contributed by atoms with Crippen LogP contribution in [0.4, 0.5) is 15.6 Å². The van der Waals surface area contributed by atoms with Crippen LogP contribution in [0.2, 0.25) is 5.02 Å². The number of nitrogens with one attached hydrogen (secondary N) is 2. The third-order valence-electron chi connectivity index (χ3n) is 3.86. The van der Waals surface area contributed by atoms with Crippen LogP contribution in [-0.4, -0.2) is 23.6 Å². The first-order valence-electron chi connectivity index (χ1n) is 8.04. The zero-order valence-electron chi connectivity index (χ0n) is 13.7. The fourth-order valence-electron chi connectivity index (χ4n) is 2.72. The molecule has 25 heavy (non-hydrogen) atoms. The number of carbonyl (C=O) groups is 2. The van der Waals surface area contributed by atoms with Crippen LogP contribution in [0, 0.1) is 5.92 Å². The molecule has 1 unspecified atom stereocenters. The molecule has 1 aromatic heterocycles. The molecule has 0 bridgehead atoms. The predicted octanol–water partition coefficient (Wildman–Crippen LogP) is 4.11. The fraction of sp³-hybridized carbons (Fsp3) is 0.353. The van der Waals surface area contributed by atoms with Gasteiger partial charge in [-0.1, -0.05) is 17.7 Å². The van der Waals surface area contributed by atoms with Crippen LogP contribution in [0.1, 0.15) is 23.9 Å². The van der Waals surface area contributed by atoms with Crippen LogP contribution >= 0.6 is 22.9 Å². The molecular formula is C17H18ClN3O3S. The Balaban J connectivity index is 1.62. The van der Waals surface area contributed by atoms with Crippen LogP contribution in [0.15, 0.2) is 24.3 Å². The maximum atomic E-state index is 12.1. The molecular weight excluding hydrogens is 362 g/mol. The summed E-state index contributed by atoms with van der Waals surface area (Å²) >= 11 is 7.30. The van der Waals surface area contributed by atoms with E-state index in [1.54, 1.807) is 31.2 Å². The second kappa shape index (κ2) is 7.84. The highest BCUT2D eigenvalue weighted by Gasteiger charge is 2.28. The molecule has 8 heteroatoms. The summed E-state index contributed by atoms with van der Waals surface area (Å²) in [6, 6.07) is 6.53. The molecule has 0 saturated heterocycles. The van der Waals surface area contributed by atoms with Gasteiger partial charge in [-0.15, -0.1) is 11.3 Å². The largest absolute Gasteiger partial charge is 0.466 e. The first kappa shape index (κ1) is 17.7. The predicted molar refractivity (Wildman–Crippen MR) is 98.4 cm³/mol. The Morgan fingerprint density at radius 3 is 3.00 bits per heavy atom. The number of benzene rings is 1. The number of rotatable bonds is 4. The smallest absolute Gasteiger partial charge is 0.325 e. The molecule has 1 aliphatic carbocycles. The summed E-state index contributed by atoms with van der Waals surface area (Å²) in [5.74, 6) is -0.282. The normalized spacial score (nSPS) is 16.0. The fourth-order valence-corrected chi connectivity index (χ4v) is 3.99. The quantitative estimate of drug-likeness (QED) is 0.783. The molecule has 0 aliphatic heterocycles. The second-order valence-electron chi connectivity index (χ2n) is 5.67. The Hall–Kier alpha value is -2.12. The van der Waals surface area contributed by atoms with Gasteiger partial charge in [0.2, 0.25) is 0 Å². The minimum Gasteiger partial charge on any atom is -0.466 e. The highest BCUT2D eigenvalue weighted by atomic mass is 35.5. The lowest BCUT2D eigenvalue weighted by Gasteiger charge is -2.18. The molecule has 0 fully saturated rings. The topological polar surface area (TPSA) is 80.3 Å². The van der Waals surface area contributed by atoms with Crippen LogP contribution < -0.4 is 10.6 Å². The number of aryl methyl sites for hydroxylation is 1. The van der Waals surface area contributed by atoms with E-state index >= 15 is 0 Å². The molecule has 1 aromatic carbocycles. The van der Waals surface area contributed by atoms with E-state index in [9.17, 15) is 9.59 Å². The lowest BCUT2D eigenvalue weighted by Crippen LogP contribution is -2.24. The summed E-state index contributed by atoms with van der Waals surface area (Å²) < 4.78 is 5.10. The van der Waals surface area contributed by atoms with Gasteiger partial charge in [-0.3, -0.25) is 10.1 Å². The van der Waals surface area contributed by atoms with Gasteiger partial charge in [-0.05, 0) is 44.4 Å². The van der Waals surface area contributed by atoms with Gasteiger partial charge in [0.05, 0.1) is 18.2 Å². The molecule has 6 nitrogen and oxygen atoms in total. The molecule has 0 radical (unpaired) electrons. The van der Waals surface area contributed by atoms with Gasteiger partial charge in [0.15, 0.2) is 5.13 Å². The third kappa shape index (κ3) is 4.49. The maximum absolute atomic E-state index is 12.1. The van der Waals surface area contributed by atoms with Crippen molar-refractivity contribution in [2.24, 2.45) is 5.92 Å². The number of fused-ring (bicyclic) bond motifs is 1. The summed E-state index contributed by atoms with van der Waals surface area (Å²) in [6.45, 7) is 2.20. The second-order valence-corrected chi connectivity index (χ2v) is 7.19. The van der Waals surface area contributed by atoms with E-state index < -0.39 is 0 Å². The van der Waals surface area contributed by atoms with E-state index in [0.717, 1.165) is 17.0 Å². The van der Waals surface area contributed by atoms with Crippen molar-refractivity contribution in [3.05, 3.63) is 39.9 Å². The van der Waals surface area contributed by atoms with Crippen LogP contribution in [-0.2, 0) is 22.4 Å². The van der Waals surface area contributed by atoms with E-state index in [2.05, 4.69) is 15.6 Å². The van der Waals surface area contributed by atoms with Gasteiger partial charge in [0.1, 0.15) is 0 Å². The molecule has 2 amide bonds. The number of amides is 2. The highest BCUT2D eigenvalue weighted by molar-refractivity contribution is 7.15. The van der Waals surface area contributed by atoms with E-state index in [1.807, 2.05) is 0 Å². The molecule has 132 valence electrons. The van der Waals surface area contributed by atoms with Crippen LogP contribution in [0.25, 0.3) is 0 Å². The Morgan fingerprint density at radius 2 is 2.24 bits per heavy atom. The minimum absolute atomic E-state index is 0.124. The SMILES string of the molecule is CCOC(=O)C1CCc2nc(NC(=O)Nc3cccc(Cl)c3)sc2C1. The number of nitrogens with zero attached hydrogens (tertiary/aromatic N) is 1. The van der Waals surface area contributed by atoms with Crippen molar-refractivity contribution >= 4 is 45.8 Å². The number of esters is 1. The van der Waals surface area contributed by atoms with E-state index in [-0.39, 0.29) is 17.9 Å². The number of carbonyl (C=O) groups excluding carboxylic acids is 2. The van der Waals surface area contributed by atoms with Gasteiger partial charge in [-0.2, -0.15) is 0 Å². The number of halogens is 1. The average Bonchev–Trinajstić information content (AvgIpc) is 2.96.